The first kappa shape index (κ1) is 15.3. The number of aryl methyl sites for hydroxylation is 1. The highest BCUT2D eigenvalue weighted by Gasteiger charge is 2.22. The van der Waals surface area contributed by atoms with Crippen LogP contribution >= 0.6 is 0 Å². The third kappa shape index (κ3) is 3.51. The Morgan fingerprint density at radius 3 is 2.81 bits per heavy atom. The number of imidazole rings is 1. The molecule has 1 amide bonds. The van der Waals surface area contributed by atoms with Crippen molar-refractivity contribution in [2.24, 2.45) is 0 Å². The number of amides is 1. The summed E-state index contributed by atoms with van der Waals surface area (Å²) in [6.07, 6.45) is 6.50. The number of carbonyl (C=O) groups is 1. The van der Waals surface area contributed by atoms with Crippen LogP contribution < -0.4 is 5.32 Å². The molecule has 4 heteroatoms. The van der Waals surface area contributed by atoms with Gasteiger partial charge in [0.2, 0.25) is 6.41 Å². The average molecular weight is 285 g/mol. The highest BCUT2D eigenvalue weighted by molar-refractivity contribution is 5.62. The molecule has 0 saturated carbocycles. The maximum absolute atomic E-state index is 10.5. The predicted molar refractivity (Wildman–Crippen MR) is 85.1 cm³/mol. The fourth-order valence-electron chi connectivity index (χ4n) is 2.52. The molecule has 0 bridgehead atoms. The summed E-state index contributed by atoms with van der Waals surface area (Å²) in [5.41, 5.74) is 3.53. The maximum atomic E-state index is 10.5. The smallest absolute Gasteiger partial charge is 0.207 e. The highest BCUT2D eigenvalue weighted by atomic mass is 16.1. The highest BCUT2D eigenvalue weighted by Crippen LogP contribution is 2.29. The van der Waals surface area contributed by atoms with Crippen LogP contribution in [0.15, 0.2) is 30.6 Å². The van der Waals surface area contributed by atoms with Gasteiger partial charge in [0.15, 0.2) is 0 Å². The van der Waals surface area contributed by atoms with E-state index < -0.39 is 0 Å². The van der Waals surface area contributed by atoms with Crippen molar-refractivity contribution in [2.75, 3.05) is 6.54 Å². The van der Waals surface area contributed by atoms with E-state index in [9.17, 15) is 4.79 Å². The van der Waals surface area contributed by atoms with Crippen LogP contribution in [0.4, 0.5) is 0 Å². The van der Waals surface area contributed by atoms with Gasteiger partial charge in [-0.1, -0.05) is 39.3 Å². The molecule has 0 atom stereocenters. The van der Waals surface area contributed by atoms with Gasteiger partial charge in [0.1, 0.15) is 5.82 Å². The summed E-state index contributed by atoms with van der Waals surface area (Å²) >= 11 is 0. The Balaban J connectivity index is 2.41. The largest absolute Gasteiger partial charge is 0.358 e. The lowest BCUT2D eigenvalue weighted by Crippen LogP contribution is -2.32. The molecule has 0 aliphatic heterocycles. The van der Waals surface area contributed by atoms with Crippen molar-refractivity contribution < 1.29 is 4.79 Å². The molecule has 1 heterocycles. The molecule has 2 rings (SSSR count). The minimum Gasteiger partial charge on any atom is -0.358 e. The zero-order chi connectivity index (χ0) is 15.3. The van der Waals surface area contributed by atoms with Gasteiger partial charge in [-0.15, -0.1) is 0 Å². The minimum atomic E-state index is -0.118. The van der Waals surface area contributed by atoms with Gasteiger partial charge in [-0.3, -0.25) is 4.79 Å². The van der Waals surface area contributed by atoms with Crippen molar-refractivity contribution in [3.8, 4) is 11.4 Å². The first-order chi connectivity index (χ1) is 10.1. The average Bonchev–Trinajstić information content (AvgIpc) is 3.00. The quantitative estimate of drug-likeness (QED) is 0.768. The Kier molecular flexibility index (Phi) is 4.78. The zero-order valence-corrected chi connectivity index (χ0v) is 12.9. The van der Waals surface area contributed by atoms with E-state index in [0.717, 1.165) is 30.6 Å². The third-order valence-corrected chi connectivity index (χ3v) is 3.79. The molecule has 2 N–H and O–H groups in total. The molecular formula is C17H23N3O. The molecule has 0 aliphatic carbocycles. The van der Waals surface area contributed by atoms with Crippen LogP contribution in [0, 0.1) is 0 Å². The summed E-state index contributed by atoms with van der Waals surface area (Å²) in [4.78, 5) is 18.1. The van der Waals surface area contributed by atoms with E-state index >= 15 is 0 Å². The van der Waals surface area contributed by atoms with Crippen LogP contribution in [-0.2, 0) is 16.6 Å². The van der Waals surface area contributed by atoms with Gasteiger partial charge < -0.3 is 10.3 Å². The first-order valence-corrected chi connectivity index (χ1v) is 7.38. The molecule has 0 fully saturated rings. The molecular weight excluding hydrogens is 262 g/mol. The number of aromatic amines is 1. The van der Waals surface area contributed by atoms with E-state index in [1.54, 1.807) is 6.20 Å². The van der Waals surface area contributed by atoms with Crippen molar-refractivity contribution in [1.82, 2.24) is 15.3 Å². The Morgan fingerprint density at radius 2 is 2.19 bits per heavy atom. The number of nitrogens with one attached hydrogen (secondary N) is 2. The van der Waals surface area contributed by atoms with Crippen molar-refractivity contribution >= 4 is 6.41 Å². The molecule has 1 aromatic carbocycles. The van der Waals surface area contributed by atoms with E-state index in [4.69, 9.17) is 0 Å². The molecule has 0 saturated heterocycles. The molecule has 4 nitrogen and oxygen atoms in total. The lowest BCUT2D eigenvalue weighted by Gasteiger charge is -2.26. The van der Waals surface area contributed by atoms with Gasteiger partial charge in [-0.2, -0.15) is 0 Å². The van der Waals surface area contributed by atoms with Crippen molar-refractivity contribution in [1.29, 1.82) is 0 Å². The summed E-state index contributed by atoms with van der Waals surface area (Å²) in [6, 6.07) is 6.53. The Morgan fingerprint density at radius 1 is 1.38 bits per heavy atom. The summed E-state index contributed by atoms with van der Waals surface area (Å²) in [5.74, 6) is 0.902. The van der Waals surface area contributed by atoms with E-state index in [1.165, 1.54) is 11.1 Å². The van der Waals surface area contributed by atoms with Crippen LogP contribution in [-0.4, -0.2) is 22.9 Å². The SMILES string of the molecule is CCCc1ccc(C(C)(C)CNC=O)cc1-c1ncc[nH]1. The van der Waals surface area contributed by atoms with Crippen LogP contribution in [0.25, 0.3) is 11.4 Å². The fraction of sp³-hybridized carbons (Fsp3) is 0.412. The van der Waals surface area contributed by atoms with Crippen LogP contribution in [0.1, 0.15) is 38.3 Å². The Bertz CT molecular complexity index is 588. The second kappa shape index (κ2) is 6.57. The topological polar surface area (TPSA) is 57.8 Å². The summed E-state index contributed by atoms with van der Waals surface area (Å²) in [6.45, 7) is 7.05. The second-order valence-electron chi connectivity index (χ2n) is 5.94. The molecule has 0 radical (unpaired) electrons. The number of rotatable bonds is 7. The van der Waals surface area contributed by atoms with Crippen molar-refractivity contribution in [3.05, 3.63) is 41.7 Å². The van der Waals surface area contributed by atoms with Gasteiger partial charge in [-0.25, -0.2) is 4.98 Å². The number of carbonyl (C=O) groups excluding carboxylic acids is 1. The van der Waals surface area contributed by atoms with Crippen molar-refractivity contribution in [3.63, 3.8) is 0 Å². The molecule has 2 aromatic rings. The van der Waals surface area contributed by atoms with Gasteiger partial charge in [0, 0.05) is 29.9 Å². The third-order valence-electron chi connectivity index (χ3n) is 3.79. The Labute approximate surface area is 126 Å². The second-order valence-corrected chi connectivity index (χ2v) is 5.94. The Hall–Kier alpha value is -2.10. The fourth-order valence-corrected chi connectivity index (χ4v) is 2.52. The number of H-pyrrole nitrogens is 1. The monoisotopic (exact) mass is 285 g/mol. The van der Waals surface area contributed by atoms with E-state index in [-0.39, 0.29) is 5.41 Å². The molecule has 112 valence electrons. The molecule has 0 spiro atoms. The standard InChI is InChI=1S/C17H23N3O/c1-4-5-13-6-7-14(17(2,3)11-18-12-21)10-15(13)16-19-8-9-20-16/h6-10,12H,4-5,11H2,1-3H3,(H,18,21)(H,19,20). The normalized spacial score (nSPS) is 11.4. The zero-order valence-electron chi connectivity index (χ0n) is 12.9. The molecule has 0 aliphatic rings. The predicted octanol–water partition coefficient (Wildman–Crippen LogP) is 3.05. The van der Waals surface area contributed by atoms with Gasteiger partial charge in [0.05, 0.1) is 0 Å². The number of hydrogen-bond acceptors (Lipinski definition) is 2. The number of aromatic nitrogens is 2. The van der Waals surface area contributed by atoms with E-state index in [1.807, 2.05) is 6.20 Å². The van der Waals surface area contributed by atoms with Crippen LogP contribution in [0.2, 0.25) is 0 Å². The number of hydrogen-bond donors (Lipinski definition) is 2. The number of benzene rings is 1. The first-order valence-electron chi connectivity index (χ1n) is 7.38. The lowest BCUT2D eigenvalue weighted by molar-refractivity contribution is -0.109. The molecule has 21 heavy (non-hydrogen) atoms. The van der Waals surface area contributed by atoms with Crippen LogP contribution in [0.3, 0.4) is 0 Å². The van der Waals surface area contributed by atoms with Crippen molar-refractivity contribution in [2.45, 2.75) is 39.0 Å². The number of nitrogens with zero attached hydrogens (tertiary/aromatic N) is 1. The summed E-state index contributed by atoms with van der Waals surface area (Å²) < 4.78 is 0. The molecule has 1 aromatic heterocycles. The summed E-state index contributed by atoms with van der Waals surface area (Å²) in [7, 11) is 0. The minimum absolute atomic E-state index is 0.118. The lowest BCUT2D eigenvalue weighted by atomic mass is 9.82. The van der Waals surface area contributed by atoms with Crippen LogP contribution in [0.5, 0.6) is 0 Å². The van der Waals surface area contributed by atoms with Gasteiger partial charge in [-0.05, 0) is 23.6 Å². The summed E-state index contributed by atoms with van der Waals surface area (Å²) in [5, 5.41) is 2.78. The van der Waals surface area contributed by atoms with E-state index in [0.29, 0.717) is 6.54 Å². The maximum Gasteiger partial charge on any atom is 0.207 e. The van der Waals surface area contributed by atoms with Gasteiger partial charge in [0.25, 0.3) is 0 Å². The van der Waals surface area contributed by atoms with E-state index in [2.05, 4.69) is 54.3 Å². The molecule has 0 unspecified atom stereocenters. The van der Waals surface area contributed by atoms with Gasteiger partial charge >= 0.3 is 0 Å².